The quantitative estimate of drug-likeness (QED) is 0.241. The van der Waals surface area contributed by atoms with Crippen molar-refractivity contribution in [1.82, 2.24) is 10.2 Å². The SMILES string of the molecule is CCCCCNC(=O)[C@@H]1[C@H]2C=C[C@@H](CC)[C@@H](C(=O)OCC)[C@H]2C(=O)N1CCCCCCO. The van der Waals surface area contributed by atoms with Crippen molar-refractivity contribution in [3.8, 4) is 0 Å². The molecule has 1 heterocycles. The predicted octanol–water partition coefficient (Wildman–Crippen LogP) is 3.06. The highest BCUT2D eigenvalue weighted by Gasteiger charge is 2.57. The minimum absolute atomic E-state index is 0.0583. The summed E-state index contributed by atoms with van der Waals surface area (Å²) in [4.78, 5) is 41.4. The summed E-state index contributed by atoms with van der Waals surface area (Å²) in [7, 11) is 0. The lowest BCUT2D eigenvalue weighted by molar-refractivity contribution is -0.155. The van der Waals surface area contributed by atoms with E-state index in [1.54, 1.807) is 11.8 Å². The summed E-state index contributed by atoms with van der Waals surface area (Å²) < 4.78 is 5.35. The molecule has 1 aliphatic carbocycles. The maximum Gasteiger partial charge on any atom is 0.310 e. The lowest BCUT2D eigenvalue weighted by Crippen LogP contribution is -2.47. The summed E-state index contributed by atoms with van der Waals surface area (Å²) in [5.74, 6) is -2.03. The molecule has 0 aromatic carbocycles. The Morgan fingerprint density at radius 1 is 1.06 bits per heavy atom. The van der Waals surface area contributed by atoms with E-state index in [-0.39, 0.29) is 42.8 Å². The molecule has 0 spiro atoms. The van der Waals surface area contributed by atoms with Crippen LogP contribution in [0.4, 0.5) is 0 Å². The molecule has 2 N–H and O–H groups in total. The molecule has 182 valence electrons. The molecule has 7 heteroatoms. The number of aliphatic hydroxyl groups is 1. The van der Waals surface area contributed by atoms with Gasteiger partial charge in [-0.2, -0.15) is 0 Å². The molecule has 2 amide bonds. The van der Waals surface area contributed by atoms with E-state index in [4.69, 9.17) is 9.84 Å². The number of unbranched alkanes of at least 4 members (excludes halogenated alkanes) is 5. The molecule has 0 saturated carbocycles. The number of hydrogen-bond acceptors (Lipinski definition) is 5. The fraction of sp³-hybridized carbons (Fsp3) is 0.800. The van der Waals surface area contributed by atoms with Crippen molar-refractivity contribution in [2.75, 3.05) is 26.3 Å². The van der Waals surface area contributed by atoms with Crippen LogP contribution >= 0.6 is 0 Å². The summed E-state index contributed by atoms with van der Waals surface area (Å²) in [6.45, 7) is 7.44. The van der Waals surface area contributed by atoms with Gasteiger partial charge in [-0.25, -0.2) is 0 Å². The van der Waals surface area contributed by atoms with Crippen molar-refractivity contribution in [3.05, 3.63) is 12.2 Å². The van der Waals surface area contributed by atoms with Gasteiger partial charge in [-0.05, 0) is 38.5 Å². The van der Waals surface area contributed by atoms with Gasteiger partial charge in [0.05, 0.1) is 18.4 Å². The molecule has 2 aliphatic rings. The Balaban J connectivity index is 2.25. The molecule has 1 aliphatic heterocycles. The van der Waals surface area contributed by atoms with Gasteiger partial charge in [0.15, 0.2) is 0 Å². The first-order valence-corrected chi connectivity index (χ1v) is 12.6. The van der Waals surface area contributed by atoms with Gasteiger partial charge in [0.25, 0.3) is 0 Å². The number of aliphatic hydroxyl groups excluding tert-OH is 1. The zero-order chi connectivity index (χ0) is 23.5. The third-order valence-electron chi connectivity index (χ3n) is 6.80. The van der Waals surface area contributed by atoms with E-state index in [9.17, 15) is 14.4 Å². The van der Waals surface area contributed by atoms with Gasteiger partial charge in [0, 0.05) is 25.6 Å². The van der Waals surface area contributed by atoms with Crippen molar-refractivity contribution < 1.29 is 24.2 Å². The Kier molecular flexibility index (Phi) is 11.2. The zero-order valence-electron chi connectivity index (χ0n) is 20.1. The number of likely N-dealkylation sites (tertiary alicyclic amines) is 1. The van der Waals surface area contributed by atoms with Gasteiger partial charge in [-0.3, -0.25) is 14.4 Å². The molecule has 0 radical (unpaired) electrons. The zero-order valence-corrected chi connectivity index (χ0v) is 20.1. The maximum atomic E-state index is 13.6. The van der Waals surface area contributed by atoms with Crippen molar-refractivity contribution in [1.29, 1.82) is 0 Å². The average Bonchev–Trinajstić information content (AvgIpc) is 3.07. The molecule has 1 fully saturated rings. The molecular weight excluding hydrogens is 408 g/mol. The number of rotatable bonds is 14. The van der Waals surface area contributed by atoms with E-state index >= 15 is 0 Å². The fourth-order valence-corrected chi connectivity index (χ4v) is 5.13. The summed E-state index contributed by atoms with van der Waals surface area (Å²) in [6, 6.07) is -0.585. The minimum atomic E-state index is -0.585. The Morgan fingerprint density at radius 3 is 2.47 bits per heavy atom. The van der Waals surface area contributed by atoms with Gasteiger partial charge in [0.2, 0.25) is 11.8 Å². The number of nitrogens with zero attached hydrogens (tertiary/aromatic N) is 1. The van der Waals surface area contributed by atoms with Crippen LogP contribution in [-0.4, -0.2) is 60.1 Å². The molecule has 0 bridgehead atoms. The smallest absolute Gasteiger partial charge is 0.310 e. The number of fused-ring (bicyclic) bond motifs is 1. The van der Waals surface area contributed by atoms with Crippen LogP contribution in [-0.2, 0) is 19.1 Å². The number of esters is 1. The lowest BCUT2D eigenvalue weighted by Gasteiger charge is -2.33. The molecule has 5 atom stereocenters. The van der Waals surface area contributed by atoms with Crippen LogP contribution in [0.3, 0.4) is 0 Å². The summed E-state index contributed by atoms with van der Waals surface area (Å²) in [5, 5.41) is 12.0. The highest BCUT2D eigenvalue weighted by atomic mass is 16.5. The van der Waals surface area contributed by atoms with Crippen LogP contribution < -0.4 is 5.32 Å². The van der Waals surface area contributed by atoms with Crippen molar-refractivity contribution >= 4 is 17.8 Å². The molecule has 1 saturated heterocycles. The number of allylic oxidation sites excluding steroid dienone is 1. The van der Waals surface area contributed by atoms with Crippen LogP contribution in [0.15, 0.2) is 12.2 Å². The lowest BCUT2D eigenvalue weighted by atomic mass is 9.69. The second kappa shape index (κ2) is 13.6. The highest BCUT2D eigenvalue weighted by molar-refractivity contribution is 5.96. The molecule has 2 rings (SSSR count). The van der Waals surface area contributed by atoms with Gasteiger partial charge >= 0.3 is 5.97 Å². The number of nitrogens with one attached hydrogen (secondary N) is 1. The van der Waals surface area contributed by atoms with Crippen molar-refractivity contribution in [3.63, 3.8) is 0 Å². The van der Waals surface area contributed by atoms with Crippen LogP contribution in [0.5, 0.6) is 0 Å². The Bertz CT molecular complexity index is 650. The van der Waals surface area contributed by atoms with Gasteiger partial charge in [0.1, 0.15) is 6.04 Å². The fourth-order valence-electron chi connectivity index (χ4n) is 5.13. The largest absolute Gasteiger partial charge is 0.466 e. The standard InChI is InChI=1S/C25H42N2O5/c1-4-7-10-15-26-23(29)22-19-14-13-18(5-2)20(25(31)32-6-3)21(19)24(30)27(22)16-11-8-9-12-17-28/h13-14,18-22,28H,4-12,15-17H2,1-3H3,(H,26,29)/t18-,19+,20-,21+,22+/m1/s1. The third-order valence-corrected chi connectivity index (χ3v) is 6.80. The molecule has 0 aromatic rings. The van der Waals surface area contributed by atoms with E-state index < -0.39 is 17.9 Å². The van der Waals surface area contributed by atoms with E-state index in [1.165, 1.54) is 0 Å². The molecule has 0 aromatic heterocycles. The molecule has 32 heavy (non-hydrogen) atoms. The topological polar surface area (TPSA) is 95.9 Å². The first-order valence-electron chi connectivity index (χ1n) is 12.6. The van der Waals surface area contributed by atoms with Crippen LogP contribution in [0.1, 0.15) is 72.1 Å². The van der Waals surface area contributed by atoms with Crippen LogP contribution in [0.25, 0.3) is 0 Å². The Hall–Kier alpha value is -1.89. The van der Waals surface area contributed by atoms with Crippen molar-refractivity contribution in [2.45, 2.75) is 78.2 Å². The van der Waals surface area contributed by atoms with E-state index in [2.05, 4.69) is 12.2 Å². The van der Waals surface area contributed by atoms with Crippen LogP contribution in [0, 0.1) is 23.7 Å². The number of hydrogen-bond donors (Lipinski definition) is 2. The molecule has 0 unspecified atom stereocenters. The van der Waals surface area contributed by atoms with E-state index in [0.717, 1.165) is 51.4 Å². The molecular formula is C25H42N2O5. The predicted molar refractivity (Wildman–Crippen MR) is 124 cm³/mol. The summed E-state index contributed by atoms with van der Waals surface area (Å²) >= 11 is 0. The normalized spacial score (nSPS) is 26.8. The van der Waals surface area contributed by atoms with Crippen LogP contribution in [0.2, 0.25) is 0 Å². The summed E-state index contributed by atoms with van der Waals surface area (Å²) in [6.07, 6.45) is 11.1. The third kappa shape index (κ3) is 6.33. The van der Waals surface area contributed by atoms with E-state index in [0.29, 0.717) is 13.1 Å². The minimum Gasteiger partial charge on any atom is -0.466 e. The van der Waals surface area contributed by atoms with Crippen molar-refractivity contribution in [2.24, 2.45) is 23.7 Å². The average molecular weight is 451 g/mol. The first kappa shape index (κ1) is 26.4. The Labute approximate surface area is 192 Å². The number of amides is 2. The Morgan fingerprint density at radius 2 is 1.81 bits per heavy atom. The maximum absolute atomic E-state index is 13.6. The second-order valence-electron chi connectivity index (χ2n) is 8.95. The number of carbonyl (C=O) groups is 3. The van der Waals surface area contributed by atoms with Gasteiger partial charge in [-0.15, -0.1) is 0 Å². The monoisotopic (exact) mass is 450 g/mol. The summed E-state index contributed by atoms with van der Waals surface area (Å²) in [5.41, 5.74) is 0. The number of carbonyl (C=O) groups excluding carboxylic acids is 3. The highest BCUT2D eigenvalue weighted by Crippen LogP contribution is 2.45. The number of ether oxygens (including phenoxy) is 1. The van der Waals surface area contributed by atoms with Gasteiger partial charge in [-0.1, -0.05) is 51.7 Å². The second-order valence-corrected chi connectivity index (χ2v) is 8.95. The van der Waals surface area contributed by atoms with Gasteiger partial charge < -0.3 is 20.1 Å². The van der Waals surface area contributed by atoms with E-state index in [1.807, 2.05) is 19.1 Å². The molecule has 7 nitrogen and oxygen atoms in total. The first-order chi connectivity index (χ1) is 15.5.